The molecule has 0 unspecified atom stereocenters. The molecule has 0 aliphatic rings. The average molecular weight is 304 g/mol. The number of aromatic nitrogens is 1. The molecule has 7 heteroatoms. The summed E-state index contributed by atoms with van der Waals surface area (Å²) in [5, 5.41) is 4.25. The van der Waals surface area contributed by atoms with Gasteiger partial charge in [-0.2, -0.15) is 9.47 Å². The van der Waals surface area contributed by atoms with Crippen LogP contribution in [0.4, 0.5) is 11.4 Å². The van der Waals surface area contributed by atoms with Crippen LogP contribution in [-0.2, 0) is 4.74 Å². The molecule has 1 aromatic heterocycles. The maximum atomic E-state index is 11.7. The molecular weight excluding hydrogens is 288 g/mol. The maximum absolute atomic E-state index is 11.7. The van der Waals surface area contributed by atoms with Gasteiger partial charge in [0.1, 0.15) is 0 Å². The van der Waals surface area contributed by atoms with Crippen LogP contribution >= 0.6 is 11.5 Å². The number of nitrogens with two attached hydrogens (primary N) is 1. The van der Waals surface area contributed by atoms with Crippen LogP contribution in [0.25, 0.3) is 0 Å². The number of hydrogen-bond donors (Lipinski definition) is 2. The molecular formula is C14H16N4O2S. The fourth-order valence-electron chi connectivity index (χ4n) is 1.62. The average Bonchev–Trinajstić information content (AvgIpc) is 2.88. The van der Waals surface area contributed by atoms with Crippen molar-refractivity contribution in [2.45, 2.75) is 13.8 Å². The van der Waals surface area contributed by atoms with Gasteiger partial charge in [-0.25, -0.2) is 4.79 Å². The number of hydrazone groups is 1. The topological polar surface area (TPSA) is 89.6 Å². The lowest BCUT2D eigenvalue weighted by Gasteiger charge is -2.03. The minimum atomic E-state index is -0.513. The van der Waals surface area contributed by atoms with E-state index in [1.165, 1.54) is 0 Å². The number of nitrogen functional groups attached to an aromatic ring is 1. The molecule has 2 rings (SSSR count). The number of para-hydroxylation sites is 1. The van der Waals surface area contributed by atoms with E-state index in [9.17, 15) is 4.79 Å². The van der Waals surface area contributed by atoms with Crippen molar-refractivity contribution in [3.8, 4) is 0 Å². The number of carbonyl (C=O) groups excluding carboxylic acids is 1. The monoisotopic (exact) mass is 304 g/mol. The predicted molar refractivity (Wildman–Crippen MR) is 84.8 cm³/mol. The van der Waals surface area contributed by atoms with Crippen LogP contribution in [-0.4, -0.2) is 22.7 Å². The van der Waals surface area contributed by atoms with Crippen molar-refractivity contribution in [2.24, 2.45) is 5.10 Å². The maximum Gasteiger partial charge on any atom is 0.360 e. The van der Waals surface area contributed by atoms with Crippen molar-refractivity contribution in [1.29, 1.82) is 0 Å². The SMILES string of the molecule is CCOC(=O)c1nsc(/C(C)=N\Nc2ccccc2)c1N. The minimum absolute atomic E-state index is 0.145. The van der Waals surface area contributed by atoms with Gasteiger partial charge in [-0.3, -0.25) is 5.43 Å². The molecule has 3 N–H and O–H groups in total. The number of nitrogens with zero attached hydrogens (tertiary/aromatic N) is 2. The van der Waals surface area contributed by atoms with E-state index in [1.54, 1.807) is 13.8 Å². The summed E-state index contributed by atoms with van der Waals surface area (Å²) >= 11 is 1.13. The van der Waals surface area contributed by atoms with Gasteiger partial charge in [-0.05, 0) is 37.5 Å². The van der Waals surface area contributed by atoms with Gasteiger partial charge in [0, 0.05) is 0 Å². The van der Waals surface area contributed by atoms with Crippen molar-refractivity contribution in [2.75, 3.05) is 17.8 Å². The van der Waals surface area contributed by atoms with Crippen molar-refractivity contribution in [3.63, 3.8) is 0 Å². The quantitative estimate of drug-likeness (QED) is 0.503. The number of carbonyl (C=O) groups is 1. The van der Waals surface area contributed by atoms with E-state index in [2.05, 4.69) is 14.9 Å². The molecule has 0 aliphatic carbocycles. The summed E-state index contributed by atoms with van der Waals surface area (Å²) in [7, 11) is 0. The fourth-order valence-corrected chi connectivity index (χ4v) is 2.34. The van der Waals surface area contributed by atoms with Gasteiger partial charge in [-0.1, -0.05) is 18.2 Å². The van der Waals surface area contributed by atoms with Gasteiger partial charge < -0.3 is 10.5 Å². The Morgan fingerprint density at radius 3 is 2.81 bits per heavy atom. The Balaban J connectivity index is 2.16. The first-order valence-electron chi connectivity index (χ1n) is 6.41. The first-order valence-corrected chi connectivity index (χ1v) is 7.18. The second kappa shape index (κ2) is 6.85. The third-order valence-corrected chi connectivity index (χ3v) is 3.62. The third-order valence-electron chi connectivity index (χ3n) is 2.65. The summed E-state index contributed by atoms with van der Waals surface area (Å²) in [6.07, 6.45) is 0. The molecule has 1 heterocycles. The van der Waals surface area contributed by atoms with E-state index in [4.69, 9.17) is 10.5 Å². The van der Waals surface area contributed by atoms with Crippen LogP contribution in [0, 0.1) is 0 Å². The molecule has 0 saturated carbocycles. The van der Waals surface area contributed by atoms with Crippen molar-refractivity contribution in [3.05, 3.63) is 40.9 Å². The summed E-state index contributed by atoms with van der Waals surface area (Å²) in [5.74, 6) is -0.513. The van der Waals surface area contributed by atoms with E-state index in [-0.39, 0.29) is 12.3 Å². The molecule has 0 atom stereocenters. The molecule has 21 heavy (non-hydrogen) atoms. The Morgan fingerprint density at radius 2 is 2.14 bits per heavy atom. The molecule has 1 aromatic carbocycles. The lowest BCUT2D eigenvalue weighted by atomic mass is 10.2. The standard InChI is InChI=1S/C14H16N4O2S/c1-3-20-14(19)12-11(15)13(21-18-12)9(2)16-17-10-7-5-4-6-8-10/h4-8,17H,3,15H2,1-2H3/b16-9-. The van der Waals surface area contributed by atoms with E-state index >= 15 is 0 Å². The second-order valence-electron chi connectivity index (χ2n) is 4.17. The molecule has 0 amide bonds. The molecule has 0 radical (unpaired) electrons. The van der Waals surface area contributed by atoms with Crippen LogP contribution in [0.1, 0.15) is 29.2 Å². The molecule has 0 saturated heterocycles. The van der Waals surface area contributed by atoms with Gasteiger partial charge in [0.2, 0.25) is 0 Å². The molecule has 110 valence electrons. The third kappa shape index (κ3) is 3.57. The van der Waals surface area contributed by atoms with E-state index in [0.717, 1.165) is 17.2 Å². The van der Waals surface area contributed by atoms with Crippen LogP contribution < -0.4 is 11.2 Å². The van der Waals surface area contributed by atoms with Crippen LogP contribution in [0.2, 0.25) is 0 Å². The highest BCUT2D eigenvalue weighted by atomic mass is 32.1. The lowest BCUT2D eigenvalue weighted by Crippen LogP contribution is -2.09. The predicted octanol–water partition coefficient (Wildman–Crippen LogP) is 2.74. The lowest BCUT2D eigenvalue weighted by molar-refractivity contribution is 0.0522. The smallest absolute Gasteiger partial charge is 0.360 e. The van der Waals surface area contributed by atoms with Gasteiger partial charge in [0.25, 0.3) is 0 Å². The molecule has 0 aliphatic heterocycles. The van der Waals surface area contributed by atoms with E-state index in [1.807, 2.05) is 30.3 Å². The zero-order valence-electron chi connectivity index (χ0n) is 11.8. The van der Waals surface area contributed by atoms with Crippen molar-refractivity contribution >= 4 is 34.6 Å². The van der Waals surface area contributed by atoms with E-state index < -0.39 is 5.97 Å². The zero-order valence-corrected chi connectivity index (χ0v) is 12.6. The van der Waals surface area contributed by atoms with Gasteiger partial charge in [0.15, 0.2) is 5.69 Å². The highest BCUT2D eigenvalue weighted by molar-refractivity contribution is 7.09. The summed E-state index contributed by atoms with van der Waals surface area (Å²) < 4.78 is 8.94. The Morgan fingerprint density at radius 1 is 1.43 bits per heavy atom. The van der Waals surface area contributed by atoms with Gasteiger partial charge >= 0.3 is 5.97 Å². The van der Waals surface area contributed by atoms with Crippen LogP contribution in [0.5, 0.6) is 0 Å². The Hall–Kier alpha value is -2.41. The number of nitrogens with one attached hydrogen (secondary N) is 1. The Bertz CT molecular complexity index is 652. The summed E-state index contributed by atoms with van der Waals surface area (Å²) in [5.41, 5.74) is 10.8. The number of ether oxygens (including phenoxy) is 1. The fraction of sp³-hybridized carbons (Fsp3) is 0.214. The first kappa shape index (κ1) is 15.0. The normalized spacial score (nSPS) is 11.2. The van der Waals surface area contributed by atoms with Crippen LogP contribution in [0.3, 0.4) is 0 Å². The zero-order chi connectivity index (χ0) is 15.2. The second-order valence-corrected chi connectivity index (χ2v) is 4.94. The first-order chi connectivity index (χ1) is 10.1. The molecule has 0 bridgehead atoms. The molecule has 0 fully saturated rings. The molecule has 0 spiro atoms. The summed E-state index contributed by atoms with van der Waals surface area (Å²) in [6, 6.07) is 9.54. The minimum Gasteiger partial charge on any atom is -0.461 e. The number of hydrogen-bond acceptors (Lipinski definition) is 7. The summed E-state index contributed by atoms with van der Waals surface area (Å²) in [6.45, 7) is 3.82. The highest BCUT2D eigenvalue weighted by Gasteiger charge is 2.20. The van der Waals surface area contributed by atoms with E-state index in [0.29, 0.717) is 16.3 Å². The van der Waals surface area contributed by atoms with Crippen molar-refractivity contribution < 1.29 is 9.53 Å². The number of esters is 1. The highest BCUT2D eigenvalue weighted by Crippen LogP contribution is 2.23. The Labute approximate surface area is 126 Å². The Kier molecular flexibility index (Phi) is 4.89. The largest absolute Gasteiger partial charge is 0.461 e. The molecule has 2 aromatic rings. The van der Waals surface area contributed by atoms with Crippen LogP contribution in [0.15, 0.2) is 35.4 Å². The summed E-state index contributed by atoms with van der Waals surface area (Å²) in [4.78, 5) is 12.3. The number of benzene rings is 1. The molecule has 6 nitrogen and oxygen atoms in total. The number of anilines is 2. The number of rotatable bonds is 5. The van der Waals surface area contributed by atoms with Gasteiger partial charge in [-0.15, -0.1) is 0 Å². The van der Waals surface area contributed by atoms with Crippen molar-refractivity contribution in [1.82, 2.24) is 4.37 Å². The van der Waals surface area contributed by atoms with Gasteiger partial charge in [0.05, 0.1) is 28.6 Å².